The highest BCUT2D eigenvalue weighted by Crippen LogP contribution is 2.22. The van der Waals surface area contributed by atoms with Crippen LogP contribution in [0.4, 0.5) is 5.82 Å². The maximum absolute atomic E-state index is 5.85. The summed E-state index contributed by atoms with van der Waals surface area (Å²) >= 11 is 6.96. The number of nitrogens with zero attached hydrogens (tertiary/aromatic N) is 3. The number of hydrogen-bond donors (Lipinski definition) is 0. The van der Waals surface area contributed by atoms with Gasteiger partial charge in [0, 0.05) is 19.2 Å². The molecule has 4 nitrogen and oxygen atoms in total. The van der Waals surface area contributed by atoms with Crippen molar-refractivity contribution in [1.29, 1.82) is 0 Å². The van der Waals surface area contributed by atoms with Gasteiger partial charge in [0.05, 0.1) is 24.3 Å². The number of anilines is 1. The predicted molar refractivity (Wildman–Crippen MR) is 55.7 cm³/mol. The highest BCUT2D eigenvalue weighted by molar-refractivity contribution is 6.99. The van der Waals surface area contributed by atoms with Gasteiger partial charge in [0.1, 0.15) is 0 Å². The zero-order chi connectivity index (χ0) is 9.97. The fourth-order valence-electron chi connectivity index (χ4n) is 1.13. The number of rotatable bonds is 3. The van der Waals surface area contributed by atoms with E-state index in [9.17, 15) is 0 Å². The van der Waals surface area contributed by atoms with E-state index in [2.05, 4.69) is 8.75 Å². The second-order valence-electron chi connectivity index (χ2n) is 2.87. The second kappa shape index (κ2) is 3.98. The SMILES string of the molecule is CN(Cc1ccoc1)c1nsnc1Cl. The van der Waals surface area contributed by atoms with E-state index in [1.54, 1.807) is 12.5 Å². The Morgan fingerprint density at radius 3 is 3.00 bits per heavy atom. The third-order valence-electron chi connectivity index (χ3n) is 1.79. The van der Waals surface area contributed by atoms with Crippen molar-refractivity contribution < 1.29 is 4.42 Å². The first-order chi connectivity index (χ1) is 6.77. The lowest BCUT2D eigenvalue weighted by atomic mass is 10.3. The molecular weight excluding hydrogens is 222 g/mol. The molecule has 2 aromatic heterocycles. The number of halogens is 1. The molecular formula is C8H8ClN3OS. The summed E-state index contributed by atoms with van der Waals surface area (Å²) < 4.78 is 13.0. The zero-order valence-corrected chi connectivity index (χ0v) is 9.05. The highest BCUT2D eigenvalue weighted by Gasteiger charge is 2.11. The lowest BCUT2D eigenvalue weighted by Crippen LogP contribution is -2.16. The normalized spacial score (nSPS) is 10.4. The van der Waals surface area contributed by atoms with Gasteiger partial charge in [-0.25, -0.2) is 0 Å². The number of hydrogen-bond acceptors (Lipinski definition) is 5. The molecule has 0 saturated heterocycles. The van der Waals surface area contributed by atoms with Crippen molar-refractivity contribution in [2.24, 2.45) is 0 Å². The Hall–Kier alpha value is -1.07. The molecule has 0 bridgehead atoms. The van der Waals surface area contributed by atoms with E-state index in [-0.39, 0.29) is 0 Å². The lowest BCUT2D eigenvalue weighted by Gasteiger charge is -2.14. The average Bonchev–Trinajstić information content (AvgIpc) is 2.75. The Kier molecular flexibility index (Phi) is 2.69. The monoisotopic (exact) mass is 229 g/mol. The molecule has 0 aromatic carbocycles. The molecule has 0 aliphatic heterocycles. The van der Waals surface area contributed by atoms with Crippen molar-refractivity contribution in [3.05, 3.63) is 29.3 Å². The highest BCUT2D eigenvalue weighted by atomic mass is 35.5. The van der Waals surface area contributed by atoms with E-state index in [0.29, 0.717) is 17.5 Å². The molecule has 2 heterocycles. The molecule has 0 fully saturated rings. The van der Waals surface area contributed by atoms with Gasteiger partial charge in [-0.2, -0.15) is 8.75 Å². The van der Waals surface area contributed by atoms with Gasteiger partial charge >= 0.3 is 0 Å². The molecule has 0 radical (unpaired) electrons. The summed E-state index contributed by atoms with van der Waals surface area (Å²) in [6.07, 6.45) is 3.34. The van der Waals surface area contributed by atoms with Crippen LogP contribution in [0.15, 0.2) is 23.0 Å². The summed E-state index contributed by atoms with van der Waals surface area (Å²) in [6, 6.07) is 1.91. The van der Waals surface area contributed by atoms with E-state index >= 15 is 0 Å². The summed E-state index contributed by atoms with van der Waals surface area (Å²) in [5.41, 5.74) is 1.08. The van der Waals surface area contributed by atoms with Crippen LogP contribution in [0.3, 0.4) is 0 Å². The molecule has 0 aliphatic carbocycles. The molecule has 0 atom stereocenters. The van der Waals surface area contributed by atoms with Crippen LogP contribution >= 0.6 is 23.3 Å². The average molecular weight is 230 g/mol. The van der Waals surface area contributed by atoms with Gasteiger partial charge in [0.25, 0.3) is 0 Å². The first kappa shape index (κ1) is 9.48. The Morgan fingerprint density at radius 2 is 2.43 bits per heavy atom. The molecule has 0 N–H and O–H groups in total. The van der Waals surface area contributed by atoms with E-state index < -0.39 is 0 Å². The lowest BCUT2D eigenvalue weighted by molar-refractivity contribution is 0.563. The van der Waals surface area contributed by atoms with Gasteiger partial charge in [-0.05, 0) is 6.07 Å². The smallest absolute Gasteiger partial charge is 0.187 e. The minimum Gasteiger partial charge on any atom is -0.472 e. The minimum absolute atomic E-state index is 0.445. The van der Waals surface area contributed by atoms with Crippen LogP contribution in [0.1, 0.15) is 5.56 Å². The predicted octanol–water partition coefficient (Wildman–Crippen LogP) is 2.42. The molecule has 0 saturated carbocycles. The fourth-order valence-corrected chi connectivity index (χ4v) is 1.96. The van der Waals surface area contributed by atoms with Crippen molar-refractivity contribution in [2.75, 3.05) is 11.9 Å². The van der Waals surface area contributed by atoms with Gasteiger partial charge in [0.2, 0.25) is 0 Å². The molecule has 0 unspecified atom stereocenters. The Bertz CT molecular complexity index is 400. The Morgan fingerprint density at radius 1 is 1.57 bits per heavy atom. The van der Waals surface area contributed by atoms with E-state index in [0.717, 1.165) is 17.3 Å². The molecule has 14 heavy (non-hydrogen) atoms. The van der Waals surface area contributed by atoms with Crippen LogP contribution in [0.25, 0.3) is 0 Å². The molecule has 0 spiro atoms. The van der Waals surface area contributed by atoms with Crippen LogP contribution in [-0.4, -0.2) is 15.8 Å². The molecule has 6 heteroatoms. The summed E-state index contributed by atoms with van der Waals surface area (Å²) in [6.45, 7) is 0.710. The maximum atomic E-state index is 5.85. The minimum atomic E-state index is 0.445. The van der Waals surface area contributed by atoms with Gasteiger partial charge < -0.3 is 9.32 Å². The van der Waals surface area contributed by atoms with E-state index in [1.165, 1.54) is 0 Å². The Labute approximate surface area is 90.4 Å². The quantitative estimate of drug-likeness (QED) is 0.811. The maximum Gasteiger partial charge on any atom is 0.187 e. The third-order valence-corrected chi connectivity index (χ3v) is 2.67. The summed E-state index contributed by atoms with van der Waals surface area (Å²) in [4.78, 5) is 1.93. The topological polar surface area (TPSA) is 42.2 Å². The van der Waals surface area contributed by atoms with Crippen molar-refractivity contribution in [3.8, 4) is 0 Å². The molecule has 74 valence electrons. The largest absolute Gasteiger partial charge is 0.472 e. The Balaban J connectivity index is 2.10. The zero-order valence-electron chi connectivity index (χ0n) is 7.48. The molecule has 2 rings (SSSR count). The van der Waals surface area contributed by atoms with E-state index in [1.807, 2.05) is 18.0 Å². The molecule has 0 amide bonds. The van der Waals surface area contributed by atoms with Crippen molar-refractivity contribution in [2.45, 2.75) is 6.54 Å². The number of aromatic nitrogens is 2. The number of furan rings is 1. The molecule has 0 aliphatic rings. The third kappa shape index (κ3) is 1.88. The van der Waals surface area contributed by atoms with Crippen LogP contribution in [-0.2, 0) is 6.54 Å². The second-order valence-corrected chi connectivity index (χ2v) is 3.75. The molecule has 2 aromatic rings. The van der Waals surface area contributed by atoms with Gasteiger partial charge in [-0.1, -0.05) is 11.6 Å². The van der Waals surface area contributed by atoms with Crippen LogP contribution < -0.4 is 4.90 Å². The van der Waals surface area contributed by atoms with Crippen molar-refractivity contribution in [1.82, 2.24) is 8.75 Å². The van der Waals surface area contributed by atoms with Gasteiger partial charge in [0.15, 0.2) is 11.0 Å². The standard InChI is InChI=1S/C8H8ClN3OS/c1-12(4-6-2-3-13-5-6)8-7(9)10-14-11-8/h2-3,5H,4H2,1H3. The van der Waals surface area contributed by atoms with Crippen LogP contribution in [0, 0.1) is 0 Å². The van der Waals surface area contributed by atoms with Crippen molar-refractivity contribution in [3.63, 3.8) is 0 Å². The van der Waals surface area contributed by atoms with Crippen molar-refractivity contribution >= 4 is 29.1 Å². The summed E-state index contributed by atoms with van der Waals surface area (Å²) in [7, 11) is 1.91. The van der Waals surface area contributed by atoms with E-state index in [4.69, 9.17) is 16.0 Å². The van der Waals surface area contributed by atoms with Gasteiger partial charge in [-0.15, -0.1) is 0 Å². The summed E-state index contributed by atoms with van der Waals surface area (Å²) in [5, 5.41) is 0.445. The fraction of sp³-hybridized carbons (Fsp3) is 0.250. The van der Waals surface area contributed by atoms with Crippen LogP contribution in [0.2, 0.25) is 5.15 Å². The summed E-state index contributed by atoms with van der Waals surface area (Å²) in [5.74, 6) is 0.706. The van der Waals surface area contributed by atoms with Crippen LogP contribution in [0.5, 0.6) is 0 Å². The first-order valence-electron chi connectivity index (χ1n) is 3.97. The van der Waals surface area contributed by atoms with Gasteiger partial charge in [-0.3, -0.25) is 0 Å². The first-order valence-corrected chi connectivity index (χ1v) is 5.08.